The quantitative estimate of drug-likeness (QED) is 0.172. The molecule has 0 saturated heterocycles. The SMILES string of the molecule is Cc1ccc2c(c1)-c1c(ccc3oc4ccccc4c13)C2(c1cc(Br)cc(Br)c1)c1cc(Br)cc(Br)c1. The van der Waals surface area contributed by atoms with Gasteiger partial charge in [-0.25, -0.2) is 0 Å². The summed E-state index contributed by atoms with van der Waals surface area (Å²) in [5, 5.41) is 2.31. The van der Waals surface area contributed by atoms with Crippen LogP contribution in [0.15, 0.2) is 113 Å². The number of hydrogen-bond acceptors (Lipinski definition) is 1. The van der Waals surface area contributed by atoms with Gasteiger partial charge in [-0.05, 0) is 88.8 Å². The van der Waals surface area contributed by atoms with E-state index in [2.05, 4.69) is 156 Å². The molecule has 0 unspecified atom stereocenters. The average Bonchev–Trinajstić information content (AvgIpc) is 3.36. The minimum atomic E-state index is -0.538. The lowest BCUT2D eigenvalue weighted by Crippen LogP contribution is -2.28. The second-order valence-electron chi connectivity index (χ2n) is 9.57. The highest BCUT2D eigenvalue weighted by Crippen LogP contribution is 2.59. The van der Waals surface area contributed by atoms with E-state index in [1.807, 2.05) is 6.07 Å². The van der Waals surface area contributed by atoms with Crippen molar-refractivity contribution >= 4 is 85.7 Å². The standard InChI is InChI=1S/C32H18Br4O/c1-17-6-7-26-25(10-17)30-27(8-9-29-31(30)24-4-2-3-5-28(24)37-29)32(26,18-11-20(33)15-21(34)12-18)19-13-22(35)16-23(36)14-19/h2-16H,1H3. The summed E-state index contributed by atoms with van der Waals surface area (Å²) in [5.74, 6) is 0. The first-order valence-electron chi connectivity index (χ1n) is 11.9. The first kappa shape index (κ1) is 23.9. The normalized spacial score (nSPS) is 13.8. The summed E-state index contributed by atoms with van der Waals surface area (Å²) in [4.78, 5) is 0. The molecule has 6 aromatic rings. The molecule has 1 aliphatic rings. The molecule has 7 rings (SSSR count). The van der Waals surface area contributed by atoms with Crippen LogP contribution in [0, 0.1) is 6.92 Å². The Morgan fingerprint density at radius 1 is 0.595 bits per heavy atom. The number of hydrogen-bond donors (Lipinski definition) is 0. The molecule has 0 atom stereocenters. The third-order valence-electron chi connectivity index (χ3n) is 7.39. The predicted octanol–water partition coefficient (Wildman–Crippen LogP) is 11.3. The number of halogens is 4. The first-order valence-corrected chi connectivity index (χ1v) is 15.0. The van der Waals surface area contributed by atoms with Crippen LogP contribution in [0.2, 0.25) is 0 Å². The lowest BCUT2D eigenvalue weighted by Gasteiger charge is -2.34. The van der Waals surface area contributed by atoms with Crippen LogP contribution in [0.1, 0.15) is 27.8 Å². The minimum absolute atomic E-state index is 0.538. The maximum atomic E-state index is 6.35. The molecular formula is C32H18Br4O. The summed E-state index contributed by atoms with van der Waals surface area (Å²) < 4.78 is 10.5. The Hall–Kier alpha value is -2.18. The van der Waals surface area contributed by atoms with Crippen molar-refractivity contribution in [3.8, 4) is 11.1 Å². The fourth-order valence-corrected chi connectivity index (χ4v) is 8.66. The maximum absolute atomic E-state index is 6.35. The van der Waals surface area contributed by atoms with Crippen LogP contribution >= 0.6 is 63.7 Å². The second-order valence-corrected chi connectivity index (χ2v) is 13.2. The van der Waals surface area contributed by atoms with E-state index >= 15 is 0 Å². The van der Waals surface area contributed by atoms with Gasteiger partial charge in [-0.2, -0.15) is 0 Å². The highest BCUT2D eigenvalue weighted by Gasteiger charge is 2.47. The molecular weight excluding hydrogens is 720 g/mol. The molecule has 180 valence electrons. The van der Waals surface area contributed by atoms with Crippen LogP contribution in [0.3, 0.4) is 0 Å². The Morgan fingerprint density at radius 2 is 1.19 bits per heavy atom. The molecule has 1 aromatic heterocycles. The van der Waals surface area contributed by atoms with E-state index in [1.54, 1.807) is 0 Å². The summed E-state index contributed by atoms with van der Waals surface area (Å²) >= 11 is 15.1. The summed E-state index contributed by atoms with van der Waals surface area (Å²) in [6.45, 7) is 2.17. The van der Waals surface area contributed by atoms with E-state index in [4.69, 9.17) is 4.42 Å². The number of furan rings is 1. The Bertz CT molecular complexity index is 1810. The van der Waals surface area contributed by atoms with Crippen molar-refractivity contribution in [1.82, 2.24) is 0 Å². The van der Waals surface area contributed by atoms with Crippen LogP contribution in [0.25, 0.3) is 33.1 Å². The summed E-state index contributed by atoms with van der Waals surface area (Å²) in [6, 6.07) is 32.8. The lowest BCUT2D eigenvalue weighted by atomic mass is 9.67. The summed E-state index contributed by atoms with van der Waals surface area (Å²) in [5.41, 5.74) is 9.90. The van der Waals surface area contributed by atoms with Crippen molar-refractivity contribution in [3.63, 3.8) is 0 Å². The highest BCUT2D eigenvalue weighted by molar-refractivity contribution is 9.11. The van der Waals surface area contributed by atoms with E-state index < -0.39 is 5.41 Å². The van der Waals surface area contributed by atoms with Gasteiger partial charge in [0.1, 0.15) is 11.2 Å². The Balaban J connectivity index is 1.75. The van der Waals surface area contributed by atoms with E-state index in [0.717, 1.165) is 34.4 Å². The Morgan fingerprint density at radius 3 is 1.84 bits per heavy atom. The maximum Gasteiger partial charge on any atom is 0.136 e. The molecule has 0 bridgehead atoms. The minimum Gasteiger partial charge on any atom is -0.456 e. The molecule has 0 saturated carbocycles. The number of para-hydroxylation sites is 1. The Labute approximate surface area is 248 Å². The van der Waals surface area contributed by atoms with Gasteiger partial charge in [0.25, 0.3) is 0 Å². The third kappa shape index (κ3) is 3.51. The van der Waals surface area contributed by atoms with Crippen molar-refractivity contribution in [2.75, 3.05) is 0 Å². The van der Waals surface area contributed by atoms with Gasteiger partial charge in [0.05, 0.1) is 5.41 Å². The molecule has 0 N–H and O–H groups in total. The largest absolute Gasteiger partial charge is 0.456 e. The van der Waals surface area contributed by atoms with Crippen molar-refractivity contribution in [2.24, 2.45) is 0 Å². The van der Waals surface area contributed by atoms with Crippen LogP contribution in [-0.4, -0.2) is 0 Å². The van der Waals surface area contributed by atoms with Gasteiger partial charge in [0.15, 0.2) is 0 Å². The molecule has 1 nitrogen and oxygen atoms in total. The number of benzene rings is 5. The van der Waals surface area contributed by atoms with Gasteiger partial charge < -0.3 is 4.42 Å². The summed E-state index contributed by atoms with van der Waals surface area (Å²) in [6.07, 6.45) is 0. The molecule has 1 heterocycles. The van der Waals surface area contributed by atoms with Crippen molar-refractivity contribution in [2.45, 2.75) is 12.3 Å². The topological polar surface area (TPSA) is 13.1 Å². The zero-order chi connectivity index (χ0) is 25.5. The van der Waals surface area contributed by atoms with Gasteiger partial charge in [-0.15, -0.1) is 0 Å². The molecule has 0 amide bonds. The fourth-order valence-electron chi connectivity index (χ4n) is 6.08. The number of fused-ring (bicyclic) bond motifs is 7. The summed E-state index contributed by atoms with van der Waals surface area (Å²) in [7, 11) is 0. The van der Waals surface area contributed by atoms with Gasteiger partial charge >= 0.3 is 0 Å². The molecule has 0 fully saturated rings. The first-order chi connectivity index (χ1) is 17.9. The zero-order valence-electron chi connectivity index (χ0n) is 19.6. The molecule has 0 spiro atoms. The van der Waals surface area contributed by atoms with Crippen LogP contribution < -0.4 is 0 Å². The molecule has 37 heavy (non-hydrogen) atoms. The molecule has 5 heteroatoms. The Kier molecular flexibility index (Phi) is 5.60. The van der Waals surface area contributed by atoms with Gasteiger partial charge in [0, 0.05) is 28.7 Å². The highest BCUT2D eigenvalue weighted by atomic mass is 79.9. The van der Waals surface area contributed by atoms with Crippen molar-refractivity contribution in [1.29, 1.82) is 0 Å². The van der Waals surface area contributed by atoms with Gasteiger partial charge in [-0.3, -0.25) is 0 Å². The molecule has 0 aliphatic heterocycles. The van der Waals surface area contributed by atoms with Crippen LogP contribution in [-0.2, 0) is 5.41 Å². The third-order valence-corrected chi connectivity index (χ3v) is 9.22. The van der Waals surface area contributed by atoms with Crippen molar-refractivity contribution < 1.29 is 4.42 Å². The molecule has 1 aliphatic carbocycles. The van der Waals surface area contributed by atoms with Crippen molar-refractivity contribution in [3.05, 3.63) is 137 Å². The van der Waals surface area contributed by atoms with Gasteiger partial charge in [0.2, 0.25) is 0 Å². The van der Waals surface area contributed by atoms with Crippen LogP contribution in [0.5, 0.6) is 0 Å². The monoisotopic (exact) mass is 734 g/mol. The zero-order valence-corrected chi connectivity index (χ0v) is 25.9. The lowest BCUT2D eigenvalue weighted by molar-refractivity contribution is 0.668. The van der Waals surface area contributed by atoms with Gasteiger partial charge in [-0.1, -0.05) is 112 Å². The average molecular weight is 738 g/mol. The number of aryl methyl sites for hydroxylation is 1. The fraction of sp³-hybridized carbons (Fsp3) is 0.0625. The van der Waals surface area contributed by atoms with E-state index in [1.165, 1.54) is 44.3 Å². The van der Waals surface area contributed by atoms with E-state index in [-0.39, 0.29) is 0 Å². The molecule has 0 radical (unpaired) electrons. The van der Waals surface area contributed by atoms with E-state index in [0.29, 0.717) is 0 Å². The predicted molar refractivity (Wildman–Crippen MR) is 167 cm³/mol. The second kappa shape index (κ2) is 8.67. The van der Waals surface area contributed by atoms with E-state index in [9.17, 15) is 0 Å². The van der Waals surface area contributed by atoms with Crippen LogP contribution in [0.4, 0.5) is 0 Å². The number of rotatable bonds is 2. The smallest absolute Gasteiger partial charge is 0.136 e. The molecule has 5 aromatic carbocycles.